The number of nitrogens with zero attached hydrogens (tertiary/aromatic N) is 2. The molecule has 1 amide bonds. The number of carbonyl (C=O) groups excluding carboxylic acids is 1. The lowest BCUT2D eigenvalue weighted by atomic mass is 10.2. The van der Waals surface area contributed by atoms with Crippen LogP contribution in [-0.4, -0.2) is 40.7 Å². The minimum absolute atomic E-state index is 0.00375. The summed E-state index contributed by atoms with van der Waals surface area (Å²) in [7, 11) is 1.73. The molecule has 1 saturated carbocycles. The molecule has 4 nitrogen and oxygen atoms in total. The molecule has 0 saturated heterocycles. The van der Waals surface area contributed by atoms with Gasteiger partial charge < -0.3 is 14.6 Å². The van der Waals surface area contributed by atoms with E-state index < -0.39 is 0 Å². The molecule has 1 aliphatic carbocycles. The minimum atomic E-state index is -0.00375. The molecule has 1 aromatic heterocycles. The van der Waals surface area contributed by atoms with E-state index in [1.165, 1.54) is 25.7 Å². The summed E-state index contributed by atoms with van der Waals surface area (Å²) in [6.45, 7) is 0.390. The third-order valence-corrected chi connectivity index (χ3v) is 3.50. The summed E-state index contributed by atoms with van der Waals surface area (Å²) in [5.74, 6) is -0.00375. The van der Waals surface area contributed by atoms with Gasteiger partial charge in [-0.05, 0) is 25.0 Å². The Morgan fingerprint density at radius 3 is 2.88 bits per heavy atom. The smallest absolute Gasteiger partial charge is 0.270 e. The van der Waals surface area contributed by atoms with Gasteiger partial charge >= 0.3 is 0 Å². The van der Waals surface area contributed by atoms with Gasteiger partial charge in [0, 0.05) is 25.8 Å². The Balaban J connectivity index is 2.15. The maximum absolute atomic E-state index is 12.2. The molecule has 1 N–H and O–H groups in total. The first-order valence-corrected chi connectivity index (χ1v) is 6.27. The van der Waals surface area contributed by atoms with E-state index in [2.05, 4.69) is 4.57 Å². The third-order valence-electron chi connectivity index (χ3n) is 3.50. The van der Waals surface area contributed by atoms with Gasteiger partial charge in [0.1, 0.15) is 5.69 Å². The van der Waals surface area contributed by atoms with Gasteiger partial charge in [-0.15, -0.1) is 0 Å². The zero-order valence-electron chi connectivity index (χ0n) is 10.3. The van der Waals surface area contributed by atoms with Gasteiger partial charge in [-0.3, -0.25) is 4.79 Å². The van der Waals surface area contributed by atoms with Crippen molar-refractivity contribution in [3.63, 3.8) is 0 Å². The maximum atomic E-state index is 12.2. The van der Waals surface area contributed by atoms with Crippen LogP contribution in [0.15, 0.2) is 18.3 Å². The van der Waals surface area contributed by atoms with Crippen molar-refractivity contribution in [2.45, 2.75) is 31.7 Å². The lowest BCUT2D eigenvalue weighted by molar-refractivity contribution is 0.0754. The third kappa shape index (κ3) is 2.52. The molecule has 94 valence electrons. The predicted molar refractivity (Wildman–Crippen MR) is 66.0 cm³/mol. The fourth-order valence-electron chi connectivity index (χ4n) is 2.52. The molecular weight excluding hydrogens is 216 g/mol. The largest absolute Gasteiger partial charge is 0.395 e. The van der Waals surface area contributed by atoms with Crippen molar-refractivity contribution in [2.24, 2.45) is 0 Å². The van der Waals surface area contributed by atoms with Crippen LogP contribution < -0.4 is 0 Å². The van der Waals surface area contributed by atoms with E-state index in [4.69, 9.17) is 5.11 Å². The van der Waals surface area contributed by atoms with Crippen LogP contribution >= 0.6 is 0 Å². The van der Waals surface area contributed by atoms with Crippen LogP contribution in [0.3, 0.4) is 0 Å². The zero-order valence-corrected chi connectivity index (χ0v) is 10.3. The number of aromatic nitrogens is 1. The maximum Gasteiger partial charge on any atom is 0.270 e. The van der Waals surface area contributed by atoms with Gasteiger partial charge in [0.05, 0.1) is 6.61 Å². The molecule has 1 aliphatic rings. The van der Waals surface area contributed by atoms with E-state index in [0.29, 0.717) is 12.6 Å². The van der Waals surface area contributed by atoms with Crippen molar-refractivity contribution >= 4 is 5.91 Å². The first-order valence-electron chi connectivity index (χ1n) is 6.27. The average Bonchev–Trinajstić information content (AvgIpc) is 2.98. The highest BCUT2D eigenvalue weighted by molar-refractivity contribution is 5.92. The summed E-state index contributed by atoms with van der Waals surface area (Å²) in [5.41, 5.74) is 0.743. The summed E-state index contributed by atoms with van der Waals surface area (Å²) < 4.78 is 2.10. The van der Waals surface area contributed by atoms with Crippen molar-refractivity contribution in [3.05, 3.63) is 24.0 Å². The van der Waals surface area contributed by atoms with E-state index in [9.17, 15) is 4.79 Å². The number of likely N-dealkylation sites (N-methyl/N-ethyl adjacent to an activating group) is 1. The fourth-order valence-corrected chi connectivity index (χ4v) is 2.52. The molecule has 0 bridgehead atoms. The fraction of sp³-hybridized carbons (Fsp3) is 0.615. The second-order valence-corrected chi connectivity index (χ2v) is 4.69. The Bertz CT molecular complexity index is 381. The van der Waals surface area contributed by atoms with Crippen molar-refractivity contribution in [1.82, 2.24) is 9.47 Å². The Morgan fingerprint density at radius 2 is 2.24 bits per heavy atom. The summed E-state index contributed by atoms with van der Waals surface area (Å²) in [4.78, 5) is 13.7. The molecule has 4 heteroatoms. The summed E-state index contributed by atoms with van der Waals surface area (Å²) in [5, 5.41) is 8.86. The molecule has 1 heterocycles. The molecule has 0 spiro atoms. The van der Waals surface area contributed by atoms with E-state index >= 15 is 0 Å². The number of hydrogen-bond acceptors (Lipinski definition) is 2. The second kappa shape index (κ2) is 5.36. The molecule has 0 radical (unpaired) electrons. The Morgan fingerprint density at radius 1 is 1.53 bits per heavy atom. The van der Waals surface area contributed by atoms with Crippen LogP contribution in [0.1, 0.15) is 42.2 Å². The van der Waals surface area contributed by atoms with Crippen LogP contribution in [0.5, 0.6) is 0 Å². The highest BCUT2D eigenvalue weighted by Gasteiger charge is 2.22. The van der Waals surface area contributed by atoms with Gasteiger partial charge in [-0.25, -0.2) is 0 Å². The average molecular weight is 236 g/mol. The van der Waals surface area contributed by atoms with Crippen LogP contribution in [0.2, 0.25) is 0 Å². The number of hydrogen-bond donors (Lipinski definition) is 1. The number of rotatable bonds is 4. The van der Waals surface area contributed by atoms with Crippen LogP contribution in [0.25, 0.3) is 0 Å². The van der Waals surface area contributed by atoms with Crippen LogP contribution in [0.4, 0.5) is 0 Å². The Labute approximate surface area is 102 Å². The first-order chi connectivity index (χ1) is 8.24. The summed E-state index contributed by atoms with van der Waals surface area (Å²) in [6.07, 6.45) is 6.83. The monoisotopic (exact) mass is 236 g/mol. The minimum Gasteiger partial charge on any atom is -0.395 e. The van der Waals surface area contributed by atoms with Crippen molar-refractivity contribution in [2.75, 3.05) is 20.2 Å². The standard InChI is InChI=1S/C13H20N2O2/c1-14(9-10-16)13(17)12-7-4-8-15(12)11-5-2-3-6-11/h4,7-8,11,16H,2-3,5-6,9-10H2,1H3. The Kier molecular flexibility index (Phi) is 3.84. The Hall–Kier alpha value is -1.29. The van der Waals surface area contributed by atoms with Gasteiger partial charge in [-0.2, -0.15) is 0 Å². The van der Waals surface area contributed by atoms with Crippen LogP contribution in [-0.2, 0) is 0 Å². The summed E-state index contributed by atoms with van der Waals surface area (Å²) >= 11 is 0. The molecule has 17 heavy (non-hydrogen) atoms. The van der Waals surface area contributed by atoms with Crippen molar-refractivity contribution < 1.29 is 9.90 Å². The van der Waals surface area contributed by atoms with Crippen molar-refractivity contribution in [1.29, 1.82) is 0 Å². The first kappa shape index (κ1) is 12.2. The SMILES string of the molecule is CN(CCO)C(=O)c1cccn1C1CCCC1. The normalized spacial score (nSPS) is 16.4. The molecule has 0 aromatic carbocycles. The molecular formula is C13H20N2O2. The van der Waals surface area contributed by atoms with E-state index in [-0.39, 0.29) is 12.5 Å². The number of carbonyl (C=O) groups is 1. The van der Waals surface area contributed by atoms with Crippen LogP contribution in [0, 0.1) is 0 Å². The molecule has 1 aromatic rings. The molecule has 1 fully saturated rings. The lowest BCUT2D eigenvalue weighted by Crippen LogP contribution is -2.31. The highest BCUT2D eigenvalue weighted by atomic mass is 16.3. The molecule has 0 aliphatic heterocycles. The summed E-state index contributed by atoms with van der Waals surface area (Å²) in [6, 6.07) is 4.28. The number of aliphatic hydroxyl groups is 1. The zero-order chi connectivity index (χ0) is 12.3. The van der Waals surface area contributed by atoms with Gasteiger partial charge in [-0.1, -0.05) is 12.8 Å². The van der Waals surface area contributed by atoms with Gasteiger partial charge in [0.15, 0.2) is 0 Å². The lowest BCUT2D eigenvalue weighted by Gasteiger charge is -2.20. The van der Waals surface area contributed by atoms with Gasteiger partial charge in [0.2, 0.25) is 0 Å². The topological polar surface area (TPSA) is 45.5 Å². The van der Waals surface area contributed by atoms with E-state index in [1.54, 1.807) is 11.9 Å². The van der Waals surface area contributed by atoms with E-state index in [0.717, 1.165) is 5.69 Å². The predicted octanol–water partition coefficient (Wildman–Crippen LogP) is 1.67. The van der Waals surface area contributed by atoms with Crippen molar-refractivity contribution in [3.8, 4) is 0 Å². The molecule has 0 atom stereocenters. The molecule has 2 rings (SSSR count). The van der Waals surface area contributed by atoms with E-state index in [1.807, 2.05) is 18.3 Å². The van der Waals surface area contributed by atoms with Gasteiger partial charge in [0.25, 0.3) is 5.91 Å². The molecule has 0 unspecified atom stereocenters. The number of aliphatic hydroxyl groups excluding tert-OH is 1. The second-order valence-electron chi connectivity index (χ2n) is 4.69. The number of amides is 1. The highest BCUT2D eigenvalue weighted by Crippen LogP contribution is 2.30. The quantitative estimate of drug-likeness (QED) is 0.864.